The van der Waals surface area contributed by atoms with Crippen molar-refractivity contribution in [2.75, 3.05) is 16.9 Å². The number of aromatic amines is 1. The number of sulfone groups is 1. The van der Waals surface area contributed by atoms with Crippen molar-refractivity contribution in [2.45, 2.75) is 4.90 Å². The smallest absolute Gasteiger partial charge is 0.277 e. The molecule has 0 fully saturated rings. The average Bonchev–Trinajstić information content (AvgIpc) is 3.02. The van der Waals surface area contributed by atoms with Gasteiger partial charge in [0.1, 0.15) is 28.8 Å². The van der Waals surface area contributed by atoms with Crippen LogP contribution in [-0.4, -0.2) is 34.4 Å². The lowest BCUT2D eigenvalue weighted by Gasteiger charge is -2.13. The molecule has 0 aliphatic carbocycles. The number of fused-ring (bicyclic) bond motifs is 1. The fourth-order valence-electron chi connectivity index (χ4n) is 3.13. The first kappa shape index (κ1) is 21.4. The van der Waals surface area contributed by atoms with Crippen LogP contribution in [0, 0.1) is 11.3 Å². The van der Waals surface area contributed by atoms with Crippen molar-refractivity contribution in [3.8, 4) is 6.07 Å². The summed E-state index contributed by atoms with van der Waals surface area (Å²) in [5, 5.41) is 18.4. The van der Waals surface area contributed by atoms with E-state index >= 15 is 0 Å². The minimum absolute atomic E-state index is 0.0137. The Morgan fingerprint density at radius 3 is 2.59 bits per heavy atom. The van der Waals surface area contributed by atoms with E-state index in [2.05, 4.69) is 25.7 Å². The van der Waals surface area contributed by atoms with Crippen LogP contribution in [0.2, 0.25) is 5.02 Å². The third-order valence-corrected chi connectivity index (χ3v) is 5.92. The van der Waals surface area contributed by atoms with Crippen LogP contribution in [0.4, 0.5) is 23.0 Å². The van der Waals surface area contributed by atoms with Crippen LogP contribution in [0.5, 0.6) is 0 Å². The van der Waals surface area contributed by atoms with Crippen molar-refractivity contribution in [1.29, 1.82) is 5.26 Å². The van der Waals surface area contributed by atoms with Gasteiger partial charge in [-0.1, -0.05) is 17.7 Å². The Balaban J connectivity index is 1.86. The van der Waals surface area contributed by atoms with E-state index in [4.69, 9.17) is 16.9 Å². The van der Waals surface area contributed by atoms with E-state index in [1.54, 1.807) is 37.4 Å². The molecule has 0 aliphatic rings. The number of pyridine rings is 2. The summed E-state index contributed by atoms with van der Waals surface area (Å²) in [6, 6.07) is 12.8. The van der Waals surface area contributed by atoms with Crippen molar-refractivity contribution in [3.05, 3.63) is 63.5 Å². The Hall–Kier alpha value is -3.88. The first-order chi connectivity index (χ1) is 15.2. The summed E-state index contributed by atoms with van der Waals surface area (Å²) in [5.41, 5.74) is 0.727. The number of aromatic nitrogens is 4. The van der Waals surface area contributed by atoms with Crippen molar-refractivity contribution in [3.63, 3.8) is 0 Å². The molecular formula is C20H16ClN7O3S. The summed E-state index contributed by atoms with van der Waals surface area (Å²) < 4.78 is 25.8. The fraction of sp³-hybridized carbons (Fsp3) is 0.100. The number of aryl methyl sites for hydroxylation is 1. The molecule has 4 rings (SSSR count). The Kier molecular flexibility index (Phi) is 5.33. The first-order valence-electron chi connectivity index (χ1n) is 9.16. The van der Waals surface area contributed by atoms with Crippen LogP contribution < -0.4 is 16.2 Å². The zero-order chi connectivity index (χ0) is 23.0. The molecule has 0 aliphatic heterocycles. The number of nitrogens with zero attached hydrogens (tertiary/aromatic N) is 4. The molecule has 3 aromatic heterocycles. The second kappa shape index (κ2) is 7.99. The maximum Gasteiger partial charge on any atom is 0.277 e. The number of H-pyrrole nitrogens is 1. The normalized spacial score (nSPS) is 11.3. The van der Waals surface area contributed by atoms with Gasteiger partial charge >= 0.3 is 0 Å². The third-order valence-electron chi connectivity index (χ3n) is 4.54. The van der Waals surface area contributed by atoms with Gasteiger partial charge in [0.2, 0.25) is 0 Å². The highest BCUT2D eigenvalue weighted by atomic mass is 35.5. The van der Waals surface area contributed by atoms with Gasteiger partial charge in [-0.05, 0) is 30.3 Å². The number of halogens is 1. The molecule has 0 saturated carbocycles. The molecule has 3 heterocycles. The highest BCUT2D eigenvalue weighted by Gasteiger charge is 2.18. The number of benzene rings is 1. The fourth-order valence-corrected chi connectivity index (χ4v) is 4.23. The van der Waals surface area contributed by atoms with Crippen LogP contribution in [0.15, 0.2) is 52.2 Å². The Labute approximate surface area is 187 Å². The summed E-state index contributed by atoms with van der Waals surface area (Å²) in [6.45, 7) is 0. The van der Waals surface area contributed by atoms with Crippen LogP contribution in [0.1, 0.15) is 5.69 Å². The lowest BCUT2D eigenvalue weighted by molar-refractivity contribution is 0.602. The van der Waals surface area contributed by atoms with Gasteiger partial charge in [-0.15, -0.1) is 0 Å². The van der Waals surface area contributed by atoms with Crippen molar-refractivity contribution in [2.24, 2.45) is 7.05 Å². The Morgan fingerprint density at radius 2 is 1.88 bits per heavy atom. The first-order valence-corrected chi connectivity index (χ1v) is 11.4. The van der Waals surface area contributed by atoms with Gasteiger partial charge in [-0.2, -0.15) is 5.26 Å². The number of hydrogen-bond acceptors (Lipinski definition) is 8. The lowest BCUT2D eigenvalue weighted by atomic mass is 10.2. The Morgan fingerprint density at radius 1 is 1.09 bits per heavy atom. The summed E-state index contributed by atoms with van der Waals surface area (Å²) in [7, 11) is -2.07. The van der Waals surface area contributed by atoms with Gasteiger partial charge in [-0.25, -0.2) is 18.4 Å². The SMILES string of the molecule is Cn1[nH]c2nc(Nc3cccc(C#N)n3)cc(Nc3ccc(Cl)cc3S(C)(=O)=O)c2c1=O. The number of hydrogen-bond donors (Lipinski definition) is 3. The van der Waals surface area contributed by atoms with Crippen molar-refractivity contribution < 1.29 is 8.42 Å². The van der Waals surface area contributed by atoms with E-state index in [1.165, 1.54) is 16.8 Å². The zero-order valence-corrected chi connectivity index (χ0v) is 18.4. The lowest BCUT2D eigenvalue weighted by Crippen LogP contribution is -2.12. The predicted octanol–water partition coefficient (Wildman–Crippen LogP) is 3.07. The summed E-state index contributed by atoms with van der Waals surface area (Å²) in [4.78, 5) is 21.2. The molecule has 0 atom stereocenters. The van der Waals surface area contributed by atoms with Crippen LogP contribution >= 0.6 is 11.6 Å². The topological polar surface area (TPSA) is 146 Å². The third kappa shape index (κ3) is 4.14. The molecule has 10 nitrogen and oxygen atoms in total. The van der Waals surface area contributed by atoms with Crippen molar-refractivity contribution in [1.82, 2.24) is 19.7 Å². The predicted molar refractivity (Wildman–Crippen MR) is 121 cm³/mol. The monoisotopic (exact) mass is 469 g/mol. The second-order valence-electron chi connectivity index (χ2n) is 6.94. The van der Waals surface area contributed by atoms with E-state index in [1.807, 2.05) is 6.07 Å². The van der Waals surface area contributed by atoms with E-state index in [9.17, 15) is 13.2 Å². The van der Waals surface area contributed by atoms with Gasteiger partial charge in [0.15, 0.2) is 15.5 Å². The van der Waals surface area contributed by atoms with E-state index < -0.39 is 9.84 Å². The molecule has 0 radical (unpaired) electrons. The number of anilines is 4. The van der Waals surface area contributed by atoms with Gasteiger partial charge in [0, 0.05) is 24.4 Å². The molecule has 4 aromatic rings. The van der Waals surface area contributed by atoms with Gasteiger partial charge in [0.25, 0.3) is 5.56 Å². The summed E-state index contributed by atoms with van der Waals surface area (Å²) in [5.74, 6) is 0.697. The molecule has 0 saturated heterocycles. The molecule has 1 aromatic carbocycles. The molecule has 3 N–H and O–H groups in total. The van der Waals surface area contributed by atoms with Gasteiger partial charge in [-0.3, -0.25) is 14.6 Å². The van der Waals surface area contributed by atoms with Crippen LogP contribution in [-0.2, 0) is 16.9 Å². The van der Waals surface area contributed by atoms with Crippen LogP contribution in [0.25, 0.3) is 11.0 Å². The molecule has 0 amide bonds. The number of nitriles is 1. The second-order valence-corrected chi connectivity index (χ2v) is 9.36. The quantitative estimate of drug-likeness (QED) is 0.404. The highest BCUT2D eigenvalue weighted by Crippen LogP contribution is 2.31. The molecule has 0 spiro atoms. The molecule has 32 heavy (non-hydrogen) atoms. The molecule has 0 unspecified atom stereocenters. The minimum Gasteiger partial charge on any atom is -0.354 e. The van der Waals surface area contributed by atoms with E-state index in [0.717, 1.165) is 6.26 Å². The largest absolute Gasteiger partial charge is 0.354 e. The molecular weight excluding hydrogens is 454 g/mol. The standard InChI is InChI=1S/C20H16ClN7O3S/c1-28-20(29)18-14(24-13-7-6-11(21)8-15(13)32(2,30)31)9-17(26-19(18)27-28)25-16-5-3-4-12(10-22)23-16/h3-9H,1-2H3,(H3,23,24,25,26,27). The summed E-state index contributed by atoms with van der Waals surface area (Å²) >= 11 is 5.99. The molecule has 12 heteroatoms. The molecule has 0 bridgehead atoms. The Bertz CT molecular complexity index is 1570. The maximum atomic E-state index is 12.7. The molecule has 162 valence electrons. The van der Waals surface area contributed by atoms with E-state index in [0.29, 0.717) is 17.3 Å². The number of rotatable bonds is 5. The maximum absolute atomic E-state index is 12.7. The zero-order valence-electron chi connectivity index (χ0n) is 16.8. The number of nitrogens with one attached hydrogen (secondary N) is 3. The minimum atomic E-state index is -3.61. The average molecular weight is 470 g/mol. The van der Waals surface area contributed by atoms with E-state index in [-0.39, 0.29) is 37.9 Å². The van der Waals surface area contributed by atoms with Gasteiger partial charge in [0.05, 0.1) is 16.3 Å². The highest BCUT2D eigenvalue weighted by molar-refractivity contribution is 7.90. The van der Waals surface area contributed by atoms with Gasteiger partial charge < -0.3 is 10.6 Å². The van der Waals surface area contributed by atoms with Crippen LogP contribution in [0.3, 0.4) is 0 Å². The van der Waals surface area contributed by atoms with Crippen molar-refractivity contribution >= 4 is 55.5 Å². The summed E-state index contributed by atoms with van der Waals surface area (Å²) in [6.07, 6.45) is 1.07.